The van der Waals surface area contributed by atoms with Gasteiger partial charge in [-0.15, -0.1) is 0 Å². The summed E-state index contributed by atoms with van der Waals surface area (Å²) in [6.07, 6.45) is 6.06. The zero-order chi connectivity index (χ0) is 6.27. The van der Waals surface area contributed by atoms with Crippen molar-refractivity contribution in [3.63, 3.8) is 0 Å². The molecule has 2 rings (SSSR count). The minimum atomic E-state index is 0.984. The van der Waals surface area contributed by atoms with Crippen molar-refractivity contribution in [2.24, 2.45) is 5.92 Å². The van der Waals surface area contributed by atoms with Gasteiger partial charge in [0.2, 0.25) is 0 Å². The van der Waals surface area contributed by atoms with Crippen LogP contribution in [0.5, 0.6) is 0 Å². The van der Waals surface area contributed by atoms with Crippen LogP contribution in [-0.4, -0.2) is 10.5 Å². The van der Waals surface area contributed by atoms with E-state index in [9.17, 15) is 0 Å². The van der Waals surface area contributed by atoms with Crippen LogP contribution in [0.1, 0.15) is 32.6 Å². The van der Waals surface area contributed by atoms with E-state index in [4.69, 9.17) is 0 Å². The van der Waals surface area contributed by atoms with E-state index in [0.29, 0.717) is 0 Å². The predicted molar refractivity (Wildman–Crippen MR) is 42.8 cm³/mol. The molecular formula is C8H14S. The van der Waals surface area contributed by atoms with Crippen LogP contribution < -0.4 is 0 Å². The van der Waals surface area contributed by atoms with Crippen molar-refractivity contribution in [3.8, 4) is 0 Å². The van der Waals surface area contributed by atoms with Crippen LogP contribution in [0.4, 0.5) is 0 Å². The van der Waals surface area contributed by atoms with E-state index in [1.54, 1.807) is 0 Å². The van der Waals surface area contributed by atoms with Crippen molar-refractivity contribution >= 4 is 11.8 Å². The van der Waals surface area contributed by atoms with E-state index in [-0.39, 0.29) is 0 Å². The molecule has 0 radical (unpaired) electrons. The van der Waals surface area contributed by atoms with E-state index in [1.165, 1.54) is 25.7 Å². The maximum atomic E-state index is 2.40. The molecule has 0 aromatic rings. The number of thioether (sulfide) groups is 1. The standard InChI is InChI=1S/C8H14S/c1-6-7-3-2-4-8(5-7)9-6/h6-8H,2-5H2,1H3/t6-,7+,8-/m0/s1. The Labute approximate surface area is 61.4 Å². The molecular weight excluding hydrogens is 128 g/mol. The molecule has 0 spiro atoms. The monoisotopic (exact) mass is 142 g/mol. The average Bonchev–Trinajstić information content (AvgIpc) is 2.09. The zero-order valence-electron chi connectivity index (χ0n) is 5.97. The molecule has 1 saturated carbocycles. The number of hydrogen-bond acceptors (Lipinski definition) is 1. The third kappa shape index (κ3) is 1.000. The van der Waals surface area contributed by atoms with Gasteiger partial charge >= 0.3 is 0 Å². The zero-order valence-corrected chi connectivity index (χ0v) is 6.79. The first-order valence-corrected chi connectivity index (χ1v) is 4.96. The summed E-state index contributed by atoms with van der Waals surface area (Å²) in [6, 6.07) is 0. The van der Waals surface area contributed by atoms with Crippen molar-refractivity contribution in [3.05, 3.63) is 0 Å². The minimum Gasteiger partial charge on any atom is -0.155 e. The van der Waals surface area contributed by atoms with E-state index in [1.807, 2.05) is 0 Å². The van der Waals surface area contributed by atoms with Gasteiger partial charge in [-0.05, 0) is 25.2 Å². The molecule has 2 aliphatic rings. The van der Waals surface area contributed by atoms with Crippen molar-refractivity contribution in [2.45, 2.75) is 43.1 Å². The summed E-state index contributed by atoms with van der Waals surface area (Å²) in [5.74, 6) is 1.09. The van der Waals surface area contributed by atoms with Gasteiger partial charge < -0.3 is 0 Å². The number of fused-ring (bicyclic) bond motifs is 2. The lowest BCUT2D eigenvalue weighted by Gasteiger charge is -2.17. The summed E-state index contributed by atoms with van der Waals surface area (Å²) in [4.78, 5) is 0. The predicted octanol–water partition coefficient (Wildman–Crippen LogP) is 2.68. The van der Waals surface area contributed by atoms with Crippen molar-refractivity contribution in [2.75, 3.05) is 0 Å². The first kappa shape index (κ1) is 6.09. The second-order valence-electron chi connectivity index (χ2n) is 3.39. The molecule has 0 unspecified atom stereocenters. The fourth-order valence-electron chi connectivity index (χ4n) is 2.15. The Morgan fingerprint density at radius 1 is 1.33 bits per heavy atom. The second-order valence-corrected chi connectivity index (χ2v) is 5.07. The third-order valence-corrected chi connectivity index (χ3v) is 4.36. The normalized spacial score (nSPS) is 49.7. The van der Waals surface area contributed by atoms with Gasteiger partial charge in [0.05, 0.1) is 0 Å². The van der Waals surface area contributed by atoms with Gasteiger partial charge in [-0.25, -0.2) is 0 Å². The lowest BCUT2D eigenvalue weighted by atomic mass is 9.88. The largest absolute Gasteiger partial charge is 0.155 e. The molecule has 1 heteroatoms. The molecule has 9 heavy (non-hydrogen) atoms. The average molecular weight is 142 g/mol. The maximum absolute atomic E-state index is 2.40. The molecule has 52 valence electrons. The Hall–Kier alpha value is 0.350. The molecule has 0 N–H and O–H groups in total. The summed E-state index contributed by atoms with van der Waals surface area (Å²) in [5, 5.41) is 2.04. The van der Waals surface area contributed by atoms with Gasteiger partial charge in [0, 0.05) is 10.5 Å². The quantitative estimate of drug-likeness (QED) is 0.501. The fraction of sp³-hybridized carbons (Fsp3) is 1.00. The Bertz CT molecular complexity index is 109. The highest BCUT2D eigenvalue weighted by Gasteiger charge is 2.34. The van der Waals surface area contributed by atoms with Crippen molar-refractivity contribution in [1.82, 2.24) is 0 Å². The van der Waals surface area contributed by atoms with Crippen LogP contribution >= 0.6 is 11.8 Å². The topological polar surface area (TPSA) is 0 Å². The molecule has 1 heterocycles. The van der Waals surface area contributed by atoms with E-state index < -0.39 is 0 Å². The first-order chi connectivity index (χ1) is 4.36. The van der Waals surface area contributed by atoms with Gasteiger partial charge in [0.15, 0.2) is 0 Å². The highest BCUT2D eigenvalue weighted by atomic mass is 32.2. The van der Waals surface area contributed by atoms with Gasteiger partial charge in [0.1, 0.15) is 0 Å². The molecule has 2 fully saturated rings. The van der Waals surface area contributed by atoms with E-state index in [0.717, 1.165) is 16.4 Å². The fourth-order valence-corrected chi connectivity index (χ4v) is 3.88. The summed E-state index contributed by atoms with van der Waals surface area (Å²) >= 11 is 2.24. The lowest BCUT2D eigenvalue weighted by Crippen LogP contribution is -2.11. The Kier molecular flexibility index (Phi) is 1.48. The van der Waals surface area contributed by atoms with E-state index >= 15 is 0 Å². The van der Waals surface area contributed by atoms with Gasteiger partial charge in [-0.2, -0.15) is 11.8 Å². The number of hydrogen-bond donors (Lipinski definition) is 0. The molecule has 0 amide bonds. The summed E-state index contributed by atoms with van der Waals surface area (Å²) in [5.41, 5.74) is 0. The van der Waals surface area contributed by atoms with Crippen LogP contribution in [-0.2, 0) is 0 Å². The smallest absolute Gasteiger partial charge is 0.00528 e. The van der Waals surface area contributed by atoms with Crippen LogP contribution in [0.3, 0.4) is 0 Å². The third-order valence-electron chi connectivity index (χ3n) is 2.74. The maximum Gasteiger partial charge on any atom is 0.00528 e. The molecule has 1 saturated heterocycles. The lowest BCUT2D eigenvalue weighted by molar-refractivity contribution is 0.391. The Morgan fingerprint density at radius 2 is 2.22 bits per heavy atom. The summed E-state index contributed by atoms with van der Waals surface area (Å²) in [7, 11) is 0. The SMILES string of the molecule is C[C@@H]1S[C@H]2CCC[C@@H]1C2. The molecule has 0 nitrogen and oxygen atoms in total. The second kappa shape index (κ2) is 2.19. The van der Waals surface area contributed by atoms with Gasteiger partial charge in [-0.1, -0.05) is 13.3 Å². The molecule has 0 aromatic heterocycles. The Balaban J connectivity index is 2.07. The highest BCUT2D eigenvalue weighted by Crippen LogP contribution is 2.46. The van der Waals surface area contributed by atoms with E-state index in [2.05, 4.69) is 18.7 Å². The molecule has 1 aliphatic carbocycles. The van der Waals surface area contributed by atoms with Gasteiger partial charge in [0.25, 0.3) is 0 Å². The Morgan fingerprint density at radius 3 is 2.89 bits per heavy atom. The van der Waals surface area contributed by atoms with Crippen LogP contribution in [0.25, 0.3) is 0 Å². The van der Waals surface area contributed by atoms with Gasteiger partial charge in [-0.3, -0.25) is 0 Å². The van der Waals surface area contributed by atoms with Crippen LogP contribution in [0.2, 0.25) is 0 Å². The van der Waals surface area contributed by atoms with Crippen LogP contribution in [0, 0.1) is 5.92 Å². The molecule has 2 bridgehead atoms. The summed E-state index contributed by atoms with van der Waals surface area (Å²) in [6.45, 7) is 2.40. The number of rotatable bonds is 0. The van der Waals surface area contributed by atoms with Crippen LogP contribution in [0.15, 0.2) is 0 Å². The molecule has 1 aliphatic heterocycles. The first-order valence-electron chi connectivity index (χ1n) is 4.02. The van der Waals surface area contributed by atoms with Crippen molar-refractivity contribution in [1.29, 1.82) is 0 Å². The minimum absolute atomic E-state index is 0.984. The van der Waals surface area contributed by atoms with Crippen molar-refractivity contribution < 1.29 is 0 Å². The highest BCUT2D eigenvalue weighted by molar-refractivity contribution is 8.00. The molecule has 0 aromatic carbocycles. The molecule has 3 atom stereocenters. The summed E-state index contributed by atoms with van der Waals surface area (Å²) < 4.78 is 0.